The Morgan fingerprint density at radius 3 is 2.32 bits per heavy atom. The number of hydrogen-bond acceptors (Lipinski definition) is 2. The Labute approximate surface area is 149 Å². The molecular weight excluding hydrogens is 312 g/mol. The fourth-order valence-electron chi connectivity index (χ4n) is 2.58. The SMILES string of the molecule is CCCCc1ccc(C(=O)NCC(=O)NC(C)c2ccccc2)cc1. The first kappa shape index (κ1) is 18.7. The van der Waals surface area contributed by atoms with Gasteiger partial charge in [-0.15, -0.1) is 0 Å². The van der Waals surface area contributed by atoms with Gasteiger partial charge in [0.2, 0.25) is 5.91 Å². The Bertz CT molecular complexity index is 681. The van der Waals surface area contributed by atoms with Crippen molar-refractivity contribution >= 4 is 11.8 Å². The lowest BCUT2D eigenvalue weighted by Gasteiger charge is -2.14. The molecular formula is C21H26N2O2. The predicted octanol–water partition coefficient (Wildman–Crippen LogP) is 3.64. The summed E-state index contributed by atoms with van der Waals surface area (Å²) in [6, 6.07) is 17.2. The molecule has 0 aliphatic carbocycles. The summed E-state index contributed by atoms with van der Waals surface area (Å²) in [5, 5.41) is 5.55. The van der Waals surface area contributed by atoms with Crippen LogP contribution in [-0.4, -0.2) is 18.4 Å². The van der Waals surface area contributed by atoms with Gasteiger partial charge in [0.05, 0.1) is 12.6 Å². The van der Waals surface area contributed by atoms with E-state index in [0.29, 0.717) is 5.56 Å². The zero-order chi connectivity index (χ0) is 18.1. The quantitative estimate of drug-likeness (QED) is 0.772. The first-order chi connectivity index (χ1) is 12.1. The molecule has 2 rings (SSSR count). The molecule has 2 amide bonds. The molecule has 0 radical (unpaired) electrons. The second-order valence-corrected chi connectivity index (χ2v) is 6.18. The third-order valence-corrected chi connectivity index (χ3v) is 4.12. The van der Waals surface area contributed by atoms with Crippen molar-refractivity contribution in [2.24, 2.45) is 0 Å². The zero-order valence-corrected chi connectivity index (χ0v) is 14.9. The van der Waals surface area contributed by atoms with Gasteiger partial charge in [0.15, 0.2) is 0 Å². The van der Waals surface area contributed by atoms with Crippen molar-refractivity contribution in [2.45, 2.75) is 39.2 Å². The zero-order valence-electron chi connectivity index (χ0n) is 14.9. The third kappa shape index (κ3) is 6.07. The van der Waals surface area contributed by atoms with Crippen LogP contribution < -0.4 is 10.6 Å². The van der Waals surface area contributed by atoms with Crippen LogP contribution >= 0.6 is 0 Å². The van der Waals surface area contributed by atoms with Gasteiger partial charge in [0.1, 0.15) is 0 Å². The number of benzene rings is 2. The molecule has 2 N–H and O–H groups in total. The second-order valence-electron chi connectivity index (χ2n) is 6.18. The van der Waals surface area contributed by atoms with Gasteiger partial charge in [-0.1, -0.05) is 55.8 Å². The van der Waals surface area contributed by atoms with Crippen LogP contribution in [-0.2, 0) is 11.2 Å². The lowest BCUT2D eigenvalue weighted by Crippen LogP contribution is -2.38. The van der Waals surface area contributed by atoms with Crippen molar-refractivity contribution in [1.82, 2.24) is 10.6 Å². The largest absolute Gasteiger partial charge is 0.348 e. The Morgan fingerprint density at radius 2 is 1.68 bits per heavy atom. The minimum atomic E-state index is -0.232. The number of carbonyl (C=O) groups excluding carboxylic acids is 2. The van der Waals surface area contributed by atoms with Gasteiger partial charge in [0, 0.05) is 5.56 Å². The first-order valence-corrected chi connectivity index (χ1v) is 8.81. The summed E-state index contributed by atoms with van der Waals surface area (Å²) >= 11 is 0. The van der Waals surface area contributed by atoms with Gasteiger partial charge >= 0.3 is 0 Å². The number of carbonyl (C=O) groups is 2. The van der Waals surface area contributed by atoms with E-state index in [0.717, 1.165) is 24.8 Å². The summed E-state index contributed by atoms with van der Waals surface area (Å²) in [5.41, 5.74) is 2.84. The van der Waals surface area contributed by atoms with E-state index in [2.05, 4.69) is 17.6 Å². The lowest BCUT2D eigenvalue weighted by atomic mass is 10.1. The highest BCUT2D eigenvalue weighted by molar-refractivity contribution is 5.96. The molecule has 0 spiro atoms. The molecule has 0 aromatic heterocycles. The van der Waals surface area contributed by atoms with E-state index in [1.165, 1.54) is 5.56 Å². The van der Waals surface area contributed by atoms with E-state index < -0.39 is 0 Å². The van der Waals surface area contributed by atoms with Crippen molar-refractivity contribution in [3.63, 3.8) is 0 Å². The topological polar surface area (TPSA) is 58.2 Å². The molecule has 132 valence electrons. The van der Waals surface area contributed by atoms with E-state index in [1.54, 1.807) is 0 Å². The van der Waals surface area contributed by atoms with Crippen LogP contribution in [0.1, 0.15) is 54.2 Å². The first-order valence-electron chi connectivity index (χ1n) is 8.81. The average molecular weight is 338 g/mol. The number of hydrogen-bond donors (Lipinski definition) is 2. The molecule has 0 aliphatic heterocycles. The van der Waals surface area contributed by atoms with Gasteiger partial charge in [0.25, 0.3) is 5.91 Å². The van der Waals surface area contributed by atoms with Gasteiger partial charge in [-0.2, -0.15) is 0 Å². The molecule has 25 heavy (non-hydrogen) atoms. The average Bonchev–Trinajstić information content (AvgIpc) is 2.65. The Hall–Kier alpha value is -2.62. The lowest BCUT2D eigenvalue weighted by molar-refractivity contribution is -0.120. The normalized spacial score (nSPS) is 11.6. The van der Waals surface area contributed by atoms with E-state index >= 15 is 0 Å². The smallest absolute Gasteiger partial charge is 0.251 e. The van der Waals surface area contributed by atoms with E-state index in [9.17, 15) is 9.59 Å². The summed E-state index contributed by atoms with van der Waals surface area (Å²) in [6.45, 7) is 4.04. The van der Waals surface area contributed by atoms with Crippen LogP contribution in [0.4, 0.5) is 0 Å². The maximum atomic E-state index is 12.1. The fraction of sp³-hybridized carbons (Fsp3) is 0.333. The van der Waals surface area contributed by atoms with E-state index in [-0.39, 0.29) is 24.4 Å². The van der Waals surface area contributed by atoms with Crippen molar-refractivity contribution in [2.75, 3.05) is 6.54 Å². The summed E-state index contributed by atoms with van der Waals surface area (Å²) in [4.78, 5) is 24.1. The molecule has 0 saturated carbocycles. The molecule has 0 heterocycles. The number of amides is 2. The van der Waals surface area contributed by atoms with E-state index in [4.69, 9.17) is 0 Å². The van der Waals surface area contributed by atoms with Crippen molar-refractivity contribution in [3.8, 4) is 0 Å². The Balaban J connectivity index is 1.80. The highest BCUT2D eigenvalue weighted by atomic mass is 16.2. The van der Waals surface area contributed by atoms with Crippen LogP contribution in [0.3, 0.4) is 0 Å². The Morgan fingerprint density at radius 1 is 1.00 bits per heavy atom. The molecule has 0 saturated heterocycles. The van der Waals surface area contributed by atoms with Crippen molar-refractivity contribution in [1.29, 1.82) is 0 Å². The van der Waals surface area contributed by atoms with Crippen LogP contribution in [0.15, 0.2) is 54.6 Å². The van der Waals surface area contributed by atoms with Crippen molar-refractivity contribution < 1.29 is 9.59 Å². The molecule has 1 atom stereocenters. The monoisotopic (exact) mass is 338 g/mol. The van der Waals surface area contributed by atoms with E-state index in [1.807, 2.05) is 61.5 Å². The highest BCUT2D eigenvalue weighted by Crippen LogP contribution is 2.11. The molecule has 4 nitrogen and oxygen atoms in total. The predicted molar refractivity (Wildman–Crippen MR) is 100 cm³/mol. The second kappa shape index (κ2) is 9.62. The Kier molecular flexibility index (Phi) is 7.20. The molecule has 0 aliphatic rings. The molecule has 0 fully saturated rings. The van der Waals surface area contributed by atoms with Gasteiger partial charge < -0.3 is 10.6 Å². The standard InChI is InChI=1S/C21H26N2O2/c1-3-4-8-17-11-13-19(14-12-17)21(25)22-15-20(24)23-16(2)18-9-6-5-7-10-18/h5-7,9-14,16H,3-4,8,15H2,1-2H3,(H,22,25)(H,23,24). The van der Waals surface area contributed by atoms with Crippen LogP contribution in [0, 0.1) is 0 Å². The highest BCUT2D eigenvalue weighted by Gasteiger charge is 2.11. The molecule has 0 bridgehead atoms. The third-order valence-electron chi connectivity index (χ3n) is 4.12. The van der Waals surface area contributed by atoms with Gasteiger partial charge in [-0.3, -0.25) is 9.59 Å². The summed E-state index contributed by atoms with van der Waals surface area (Å²) < 4.78 is 0. The maximum absolute atomic E-state index is 12.1. The molecule has 1 unspecified atom stereocenters. The minimum absolute atomic E-state index is 0.0341. The number of rotatable bonds is 8. The number of nitrogens with one attached hydrogen (secondary N) is 2. The summed E-state index contributed by atoms with van der Waals surface area (Å²) in [7, 11) is 0. The number of unbranched alkanes of at least 4 members (excludes halogenated alkanes) is 1. The summed E-state index contributed by atoms with van der Waals surface area (Å²) in [5.74, 6) is -0.436. The van der Waals surface area contributed by atoms with Crippen LogP contribution in [0.25, 0.3) is 0 Å². The number of aryl methyl sites for hydroxylation is 1. The maximum Gasteiger partial charge on any atom is 0.251 e. The minimum Gasteiger partial charge on any atom is -0.348 e. The van der Waals surface area contributed by atoms with Crippen LogP contribution in [0.2, 0.25) is 0 Å². The fourth-order valence-corrected chi connectivity index (χ4v) is 2.58. The molecule has 4 heteroatoms. The molecule has 2 aromatic rings. The van der Waals surface area contributed by atoms with Gasteiger partial charge in [-0.05, 0) is 43.0 Å². The van der Waals surface area contributed by atoms with Crippen LogP contribution in [0.5, 0.6) is 0 Å². The van der Waals surface area contributed by atoms with Crippen molar-refractivity contribution in [3.05, 3.63) is 71.3 Å². The molecule has 2 aromatic carbocycles. The summed E-state index contributed by atoms with van der Waals surface area (Å²) in [6.07, 6.45) is 3.32. The van der Waals surface area contributed by atoms with Gasteiger partial charge in [-0.25, -0.2) is 0 Å².